The standard InChI is InChI=1S/C15H12Cl3N3O2/c16-10-4-5-14(9(6-10)7-20-21-15(19)22)23-8-11-12(17)2-1-3-13(11)18/h1-7H,8H2,(H3,19,21,22). The number of hydrogen-bond donors (Lipinski definition) is 2. The third-order valence-electron chi connectivity index (χ3n) is 2.78. The summed E-state index contributed by atoms with van der Waals surface area (Å²) in [6.07, 6.45) is 1.38. The van der Waals surface area contributed by atoms with Crippen molar-refractivity contribution in [1.29, 1.82) is 0 Å². The number of urea groups is 1. The molecule has 0 radical (unpaired) electrons. The number of halogens is 3. The summed E-state index contributed by atoms with van der Waals surface area (Å²) in [5.74, 6) is 0.500. The number of rotatable bonds is 5. The van der Waals surface area contributed by atoms with Crippen molar-refractivity contribution in [2.75, 3.05) is 0 Å². The van der Waals surface area contributed by atoms with Gasteiger partial charge in [-0.2, -0.15) is 5.10 Å². The molecule has 0 saturated heterocycles. The van der Waals surface area contributed by atoms with Gasteiger partial charge >= 0.3 is 6.03 Å². The quantitative estimate of drug-likeness (QED) is 0.608. The first kappa shape index (κ1) is 17.4. The van der Waals surface area contributed by atoms with Crippen LogP contribution in [0.2, 0.25) is 15.1 Å². The molecule has 120 valence electrons. The molecule has 0 aliphatic heterocycles. The Morgan fingerprint density at radius 2 is 1.91 bits per heavy atom. The highest BCUT2D eigenvalue weighted by Gasteiger charge is 2.08. The number of benzene rings is 2. The third kappa shape index (κ3) is 5.03. The topological polar surface area (TPSA) is 76.7 Å². The molecule has 23 heavy (non-hydrogen) atoms. The lowest BCUT2D eigenvalue weighted by atomic mass is 10.2. The van der Waals surface area contributed by atoms with Gasteiger partial charge in [-0.25, -0.2) is 10.2 Å². The molecule has 8 heteroatoms. The number of nitrogens with two attached hydrogens (primary N) is 1. The van der Waals surface area contributed by atoms with E-state index >= 15 is 0 Å². The van der Waals surface area contributed by atoms with Gasteiger partial charge in [0, 0.05) is 26.2 Å². The molecule has 0 fully saturated rings. The highest BCUT2D eigenvalue weighted by Crippen LogP contribution is 2.27. The minimum atomic E-state index is -0.770. The zero-order valence-corrected chi connectivity index (χ0v) is 14.0. The summed E-state index contributed by atoms with van der Waals surface area (Å²) in [5, 5.41) is 5.21. The number of hydrogen-bond acceptors (Lipinski definition) is 3. The smallest absolute Gasteiger partial charge is 0.332 e. The van der Waals surface area contributed by atoms with Crippen molar-refractivity contribution in [3.8, 4) is 5.75 Å². The molecule has 0 aliphatic carbocycles. The average molecular weight is 373 g/mol. The maximum atomic E-state index is 10.6. The van der Waals surface area contributed by atoms with Crippen LogP contribution >= 0.6 is 34.8 Å². The van der Waals surface area contributed by atoms with Crippen molar-refractivity contribution in [2.45, 2.75) is 6.61 Å². The molecule has 3 N–H and O–H groups in total. The summed E-state index contributed by atoms with van der Waals surface area (Å²) in [7, 11) is 0. The maximum absolute atomic E-state index is 10.6. The molecular formula is C15H12Cl3N3O2. The summed E-state index contributed by atoms with van der Waals surface area (Å²) in [6, 6.07) is 9.43. The first-order valence-corrected chi connectivity index (χ1v) is 7.54. The van der Waals surface area contributed by atoms with E-state index < -0.39 is 6.03 Å². The number of carbonyl (C=O) groups excluding carboxylic acids is 1. The minimum absolute atomic E-state index is 0.171. The molecule has 5 nitrogen and oxygen atoms in total. The minimum Gasteiger partial charge on any atom is -0.488 e. The Labute approximate surface area is 148 Å². The number of primary amides is 1. The summed E-state index contributed by atoms with van der Waals surface area (Å²) >= 11 is 18.2. The largest absolute Gasteiger partial charge is 0.488 e. The maximum Gasteiger partial charge on any atom is 0.332 e. The second-order valence-electron chi connectivity index (χ2n) is 4.41. The number of carbonyl (C=O) groups is 1. The van der Waals surface area contributed by atoms with Crippen molar-refractivity contribution in [2.24, 2.45) is 10.8 Å². The van der Waals surface area contributed by atoms with Crippen LogP contribution in [0, 0.1) is 0 Å². The Kier molecular flexibility index (Phi) is 6.10. The predicted octanol–water partition coefficient (Wildman–Crippen LogP) is 4.23. The van der Waals surface area contributed by atoms with Crippen molar-refractivity contribution in [3.05, 3.63) is 62.6 Å². The Balaban J connectivity index is 2.19. The molecule has 0 aliphatic rings. The Hall–Kier alpha value is -1.95. The van der Waals surface area contributed by atoms with Gasteiger partial charge in [-0.05, 0) is 30.3 Å². The van der Waals surface area contributed by atoms with Gasteiger partial charge in [0.25, 0.3) is 0 Å². The highest BCUT2D eigenvalue weighted by molar-refractivity contribution is 6.36. The monoisotopic (exact) mass is 371 g/mol. The second-order valence-corrected chi connectivity index (χ2v) is 5.66. The van der Waals surface area contributed by atoms with E-state index in [1.807, 2.05) is 0 Å². The number of nitrogens with one attached hydrogen (secondary N) is 1. The van der Waals surface area contributed by atoms with Gasteiger partial charge in [0.1, 0.15) is 12.4 Å². The fraction of sp³-hybridized carbons (Fsp3) is 0.0667. The molecule has 2 rings (SSSR count). The Morgan fingerprint density at radius 1 is 1.22 bits per heavy atom. The van der Waals surface area contributed by atoms with Crippen LogP contribution in [0.25, 0.3) is 0 Å². The first-order chi connectivity index (χ1) is 11.0. The first-order valence-electron chi connectivity index (χ1n) is 6.41. The van der Waals surface area contributed by atoms with Gasteiger partial charge in [-0.1, -0.05) is 40.9 Å². The van der Waals surface area contributed by atoms with E-state index in [9.17, 15) is 4.79 Å². The molecule has 0 aromatic heterocycles. The fourth-order valence-corrected chi connectivity index (χ4v) is 2.42. The van der Waals surface area contributed by atoms with E-state index in [0.717, 1.165) is 0 Å². The van der Waals surface area contributed by atoms with E-state index in [4.69, 9.17) is 45.3 Å². The Morgan fingerprint density at radius 3 is 2.57 bits per heavy atom. The van der Waals surface area contributed by atoms with E-state index in [1.165, 1.54) is 6.21 Å². The Bertz CT molecular complexity index is 730. The van der Waals surface area contributed by atoms with Crippen LogP contribution in [-0.4, -0.2) is 12.2 Å². The molecule has 0 bridgehead atoms. The van der Waals surface area contributed by atoms with Crippen LogP contribution in [0.3, 0.4) is 0 Å². The molecule has 0 saturated carbocycles. The summed E-state index contributed by atoms with van der Waals surface area (Å²) in [6.45, 7) is 0.171. The predicted molar refractivity (Wildman–Crippen MR) is 92.6 cm³/mol. The van der Waals surface area contributed by atoms with Crippen molar-refractivity contribution in [1.82, 2.24) is 5.43 Å². The molecule has 2 aromatic rings. The SMILES string of the molecule is NC(=O)NN=Cc1cc(Cl)ccc1OCc1c(Cl)cccc1Cl. The molecule has 2 aromatic carbocycles. The number of hydrazone groups is 1. The zero-order valence-electron chi connectivity index (χ0n) is 11.7. The molecular weight excluding hydrogens is 361 g/mol. The number of nitrogens with zero attached hydrogens (tertiary/aromatic N) is 1. The average Bonchev–Trinajstić information content (AvgIpc) is 2.48. The lowest BCUT2D eigenvalue weighted by Crippen LogP contribution is -2.24. The third-order valence-corrected chi connectivity index (χ3v) is 3.73. The molecule has 0 atom stereocenters. The van der Waals surface area contributed by atoms with Gasteiger partial charge in [-0.3, -0.25) is 0 Å². The molecule has 0 spiro atoms. The highest BCUT2D eigenvalue weighted by atomic mass is 35.5. The van der Waals surface area contributed by atoms with Crippen LogP contribution in [0.5, 0.6) is 5.75 Å². The van der Waals surface area contributed by atoms with Crippen LogP contribution in [0.15, 0.2) is 41.5 Å². The van der Waals surface area contributed by atoms with E-state index in [2.05, 4.69) is 10.5 Å². The molecule has 2 amide bonds. The lowest BCUT2D eigenvalue weighted by Gasteiger charge is -2.11. The lowest BCUT2D eigenvalue weighted by molar-refractivity contribution is 0.249. The normalized spacial score (nSPS) is 10.7. The van der Waals surface area contributed by atoms with Crippen LogP contribution < -0.4 is 15.9 Å². The van der Waals surface area contributed by atoms with Gasteiger partial charge in [0.05, 0.1) is 6.21 Å². The van der Waals surface area contributed by atoms with Crippen molar-refractivity contribution < 1.29 is 9.53 Å². The summed E-state index contributed by atoms with van der Waals surface area (Å²) in [4.78, 5) is 10.6. The van der Waals surface area contributed by atoms with Gasteiger partial charge in [-0.15, -0.1) is 0 Å². The fourth-order valence-electron chi connectivity index (χ4n) is 1.74. The summed E-state index contributed by atoms with van der Waals surface area (Å²) in [5.41, 5.74) is 8.28. The van der Waals surface area contributed by atoms with E-state index in [-0.39, 0.29) is 6.61 Å². The molecule has 0 heterocycles. The van der Waals surface area contributed by atoms with Crippen molar-refractivity contribution >= 4 is 47.0 Å². The number of ether oxygens (including phenoxy) is 1. The van der Waals surface area contributed by atoms with Crippen molar-refractivity contribution in [3.63, 3.8) is 0 Å². The van der Waals surface area contributed by atoms with Gasteiger partial charge in [0.2, 0.25) is 0 Å². The van der Waals surface area contributed by atoms with Crippen LogP contribution in [0.4, 0.5) is 4.79 Å². The van der Waals surface area contributed by atoms with Crippen LogP contribution in [-0.2, 0) is 6.61 Å². The summed E-state index contributed by atoms with van der Waals surface area (Å²) < 4.78 is 5.73. The zero-order chi connectivity index (χ0) is 16.8. The number of amides is 2. The molecule has 0 unspecified atom stereocenters. The van der Waals surface area contributed by atoms with E-state index in [1.54, 1.807) is 36.4 Å². The second kappa shape index (κ2) is 8.06. The van der Waals surface area contributed by atoms with Crippen LogP contribution in [0.1, 0.15) is 11.1 Å². The van der Waals surface area contributed by atoms with Gasteiger partial charge in [0.15, 0.2) is 0 Å². The van der Waals surface area contributed by atoms with E-state index in [0.29, 0.717) is 31.9 Å². The van der Waals surface area contributed by atoms with Gasteiger partial charge < -0.3 is 10.5 Å².